The van der Waals surface area contributed by atoms with Gasteiger partial charge in [0.2, 0.25) is 0 Å². The molecule has 1 N–H and O–H groups in total. The second kappa shape index (κ2) is 10.8. The Morgan fingerprint density at radius 1 is 1.18 bits per heavy atom. The molecule has 0 aromatic carbocycles. The van der Waals surface area contributed by atoms with E-state index in [4.69, 9.17) is 19.6 Å². The number of rotatable bonds is 5. The number of morpholine rings is 1. The maximum atomic E-state index is 5.98. The third-order valence-corrected chi connectivity index (χ3v) is 5.86. The van der Waals surface area contributed by atoms with E-state index >= 15 is 0 Å². The fourth-order valence-corrected chi connectivity index (χ4v) is 4.40. The smallest absolute Gasteiger partial charge is 0.194 e. The van der Waals surface area contributed by atoms with Crippen molar-refractivity contribution in [1.82, 2.24) is 20.0 Å². The standard InChI is InChI=1S/C20H33N5O2.HI/c1-2-21-20(24-11-13-27-19(15-24)18-8-5-12-26-18)22-14-16-9-10-25(23-16)17-6-3-4-7-17;/h9-10,17-19H,2-8,11-15H2,1H3,(H,21,22);1H. The Kier molecular flexibility index (Phi) is 8.40. The number of nitrogens with one attached hydrogen (secondary N) is 1. The Morgan fingerprint density at radius 2 is 2.00 bits per heavy atom. The number of nitrogens with zero attached hydrogens (tertiary/aromatic N) is 4. The summed E-state index contributed by atoms with van der Waals surface area (Å²) >= 11 is 0. The lowest BCUT2D eigenvalue weighted by molar-refractivity contribution is -0.0817. The average Bonchev–Trinajstić information content (AvgIpc) is 3.47. The van der Waals surface area contributed by atoms with Crippen LogP contribution < -0.4 is 5.32 Å². The molecule has 2 aliphatic heterocycles. The van der Waals surface area contributed by atoms with Crippen LogP contribution in [0.1, 0.15) is 57.2 Å². The highest BCUT2D eigenvalue weighted by Gasteiger charge is 2.32. The highest BCUT2D eigenvalue weighted by Crippen LogP contribution is 2.28. The van der Waals surface area contributed by atoms with Crippen molar-refractivity contribution >= 4 is 29.9 Å². The number of hydrogen-bond donors (Lipinski definition) is 1. The van der Waals surface area contributed by atoms with Gasteiger partial charge < -0.3 is 19.7 Å². The van der Waals surface area contributed by atoms with Gasteiger partial charge in [0.25, 0.3) is 0 Å². The Balaban J connectivity index is 0.00000225. The molecule has 0 radical (unpaired) electrons. The fraction of sp³-hybridized carbons (Fsp3) is 0.800. The highest BCUT2D eigenvalue weighted by atomic mass is 127. The van der Waals surface area contributed by atoms with Gasteiger partial charge in [-0.1, -0.05) is 12.8 Å². The molecule has 2 atom stereocenters. The quantitative estimate of drug-likeness (QED) is 0.381. The molecule has 3 aliphatic rings. The van der Waals surface area contributed by atoms with Crippen molar-refractivity contribution in [3.63, 3.8) is 0 Å². The van der Waals surface area contributed by atoms with Gasteiger partial charge in [-0.15, -0.1) is 24.0 Å². The number of aromatic nitrogens is 2. The fourth-order valence-electron chi connectivity index (χ4n) is 4.40. The van der Waals surface area contributed by atoms with Gasteiger partial charge in [-0.05, 0) is 38.7 Å². The first-order valence-corrected chi connectivity index (χ1v) is 10.6. The van der Waals surface area contributed by atoms with Crippen LogP contribution in [0.3, 0.4) is 0 Å². The third kappa shape index (κ3) is 5.38. The largest absolute Gasteiger partial charge is 0.375 e. The molecule has 3 fully saturated rings. The highest BCUT2D eigenvalue weighted by molar-refractivity contribution is 14.0. The molecule has 28 heavy (non-hydrogen) atoms. The molecule has 0 spiro atoms. The van der Waals surface area contributed by atoms with Gasteiger partial charge in [-0.3, -0.25) is 4.68 Å². The first kappa shape index (κ1) is 21.8. The monoisotopic (exact) mass is 503 g/mol. The molecule has 1 saturated carbocycles. The van der Waals surface area contributed by atoms with Crippen LogP contribution in [0.15, 0.2) is 17.3 Å². The number of halogens is 1. The predicted molar refractivity (Wildman–Crippen MR) is 120 cm³/mol. The molecule has 1 aromatic heterocycles. The summed E-state index contributed by atoms with van der Waals surface area (Å²) < 4.78 is 14.0. The van der Waals surface area contributed by atoms with E-state index in [1.54, 1.807) is 0 Å². The van der Waals surface area contributed by atoms with Crippen molar-refractivity contribution in [2.24, 2.45) is 4.99 Å². The van der Waals surface area contributed by atoms with Gasteiger partial charge in [0.1, 0.15) is 6.10 Å². The van der Waals surface area contributed by atoms with Crippen LogP contribution in [0.25, 0.3) is 0 Å². The van der Waals surface area contributed by atoms with Crippen LogP contribution in [-0.2, 0) is 16.0 Å². The zero-order chi connectivity index (χ0) is 18.5. The lowest BCUT2D eigenvalue weighted by Crippen LogP contribution is -2.53. The predicted octanol–water partition coefficient (Wildman–Crippen LogP) is 2.96. The molecule has 2 unspecified atom stereocenters. The Bertz CT molecular complexity index is 626. The van der Waals surface area contributed by atoms with Crippen molar-refractivity contribution in [2.45, 2.75) is 70.2 Å². The summed E-state index contributed by atoms with van der Waals surface area (Å²) in [5.41, 5.74) is 1.04. The third-order valence-electron chi connectivity index (χ3n) is 5.86. The first-order chi connectivity index (χ1) is 13.3. The van der Waals surface area contributed by atoms with E-state index in [0.29, 0.717) is 12.6 Å². The normalized spacial score (nSPS) is 26.5. The van der Waals surface area contributed by atoms with Crippen LogP contribution in [-0.4, -0.2) is 65.7 Å². The van der Waals surface area contributed by atoms with Crippen molar-refractivity contribution in [3.8, 4) is 0 Å². The summed E-state index contributed by atoms with van der Waals surface area (Å²) in [6.07, 6.45) is 9.90. The van der Waals surface area contributed by atoms with Gasteiger partial charge in [0, 0.05) is 32.4 Å². The number of ether oxygens (including phenoxy) is 2. The maximum absolute atomic E-state index is 5.98. The zero-order valence-corrected chi connectivity index (χ0v) is 19.2. The lowest BCUT2D eigenvalue weighted by atomic mass is 10.1. The van der Waals surface area contributed by atoms with E-state index in [-0.39, 0.29) is 36.2 Å². The molecule has 7 nitrogen and oxygen atoms in total. The second-order valence-corrected chi connectivity index (χ2v) is 7.80. The van der Waals surface area contributed by atoms with E-state index < -0.39 is 0 Å². The van der Waals surface area contributed by atoms with Crippen LogP contribution in [0.2, 0.25) is 0 Å². The average molecular weight is 503 g/mol. The molecule has 4 rings (SSSR count). The number of aliphatic imine (C=N–C) groups is 1. The van der Waals surface area contributed by atoms with Gasteiger partial charge in [0.05, 0.1) is 31.0 Å². The molecule has 0 amide bonds. The van der Waals surface area contributed by atoms with Crippen molar-refractivity contribution in [3.05, 3.63) is 18.0 Å². The lowest BCUT2D eigenvalue weighted by Gasteiger charge is -2.37. The first-order valence-electron chi connectivity index (χ1n) is 10.6. The summed E-state index contributed by atoms with van der Waals surface area (Å²) in [5, 5.41) is 8.21. The molecule has 1 aromatic rings. The molecule has 158 valence electrons. The summed E-state index contributed by atoms with van der Waals surface area (Å²) in [6, 6.07) is 2.70. The number of hydrogen-bond acceptors (Lipinski definition) is 4. The summed E-state index contributed by atoms with van der Waals surface area (Å²) in [4.78, 5) is 7.18. The van der Waals surface area contributed by atoms with Gasteiger partial charge in [0.15, 0.2) is 5.96 Å². The summed E-state index contributed by atoms with van der Waals surface area (Å²) in [5.74, 6) is 0.958. The Morgan fingerprint density at radius 3 is 2.75 bits per heavy atom. The zero-order valence-electron chi connectivity index (χ0n) is 16.9. The van der Waals surface area contributed by atoms with E-state index in [1.807, 2.05) is 0 Å². The van der Waals surface area contributed by atoms with Gasteiger partial charge in [-0.25, -0.2) is 4.99 Å². The minimum absolute atomic E-state index is 0. The van der Waals surface area contributed by atoms with E-state index in [1.165, 1.54) is 25.7 Å². The molecule has 1 aliphatic carbocycles. The van der Waals surface area contributed by atoms with Crippen LogP contribution >= 0.6 is 24.0 Å². The van der Waals surface area contributed by atoms with Crippen molar-refractivity contribution in [2.75, 3.05) is 32.8 Å². The van der Waals surface area contributed by atoms with E-state index in [9.17, 15) is 0 Å². The van der Waals surface area contributed by atoms with Gasteiger partial charge in [-0.2, -0.15) is 5.10 Å². The molecule has 3 heterocycles. The maximum Gasteiger partial charge on any atom is 0.194 e. The second-order valence-electron chi connectivity index (χ2n) is 7.80. The van der Waals surface area contributed by atoms with Crippen LogP contribution in [0, 0.1) is 0 Å². The SMILES string of the molecule is CCNC(=NCc1ccn(C2CCCC2)n1)N1CCOC(C2CCCO2)C1.I. The topological polar surface area (TPSA) is 63.9 Å². The minimum atomic E-state index is 0. The van der Waals surface area contributed by atoms with E-state index in [2.05, 4.69) is 34.1 Å². The summed E-state index contributed by atoms with van der Waals surface area (Å²) in [7, 11) is 0. The minimum Gasteiger partial charge on any atom is -0.375 e. The van der Waals surface area contributed by atoms with Crippen LogP contribution in [0.5, 0.6) is 0 Å². The Labute approximate surface area is 185 Å². The van der Waals surface area contributed by atoms with Crippen LogP contribution in [0.4, 0.5) is 0 Å². The number of guanidine groups is 1. The molecule has 0 bridgehead atoms. The molecular weight excluding hydrogens is 469 g/mol. The molecule has 2 saturated heterocycles. The molecule has 8 heteroatoms. The Hall–Kier alpha value is -0.870. The van der Waals surface area contributed by atoms with Crippen molar-refractivity contribution in [1.29, 1.82) is 0 Å². The summed E-state index contributed by atoms with van der Waals surface area (Å²) in [6.45, 7) is 6.88. The molecular formula is C20H34IN5O2. The van der Waals surface area contributed by atoms with E-state index in [0.717, 1.165) is 57.3 Å². The van der Waals surface area contributed by atoms with Crippen molar-refractivity contribution < 1.29 is 9.47 Å². The van der Waals surface area contributed by atoms with Gasteiger partial charge >= 0.3 is 0 Å².